The summed E-state index contributed by atoms with van der Waals surface area (Å²) < 4.78 is 41.5. The van der Waals surface area contributed by atoms with Crippen LogP contribution in [0.4, 0.5) is 0 Å². The fourth-order valence-corrected chi connectivity index (χ4v) is 6.16. The number of methoxy groups -OCH3 is 1. The molecule has 0 radical (unpaired) electrons. The number of carboxylic acid groups (broad SMARTS) is 1. The summed E-state index contributed by atoms with van der Waals surface area (Å²) in [5, 5.41) is 14.7. The van der Waals surface area contributed by atoms with Crippen LogP contribution >= 0.6 is 11.6 Å². The van der Waals surface area contributed by atoms with Crippen molar-refractivity contribution in [3.63, 3.8) is 0 Å². The van der Waals surface area contributed by atoms with E-state index in [1.807, 2.05) is 72.8 Å². The largest absolute Gasteiger partial charge is 0.496 e. The molecule has 1 heterocycles. The maximum atomic E-state index is 13.7. The molecule has 0 atom stereocenters. The molecule has 1 N–H and O–H groups in total. The first-order chi connectivity index (χ1) is 21.2. The highest BCUT2D eigenvalue weighted by molar-refractivity contribution is 7.89. The van der Waals surface area contributed by atoms with Gasteiger partial charge in [0.15, 0.2) is 6.61 Å². The summed E-state index contributed by atoms with van der Waals surface area (Å²) in [5.74, 6) is -0.310. The van der Waals surface area contributed by atoms with Crippen LogP contribution in [-0.2, 0) is 27.9 Å². The Morgan fingerprint density at radius 1 is 0.932 bits per heavy atom. The first kappa shape index (κ1) is 30.8. The molecule has 0 saturated carbocycles. The maximum Gasteiger partial charge on any atom is 0.341 e. The zero-order chi connectivity index (χ0) is 31.3. The number of hydrogen-bond acceptors (Lipinski definition) is 6. The summed E-state index contributed by atoms with van der Waals surface area (Å²) in [6.45, 7) is -0.118. The Bertz CT molecular complexity index is 1890. The Labute approximate surface area is 260 Å². The number of aromatic nitrogens is 2. The van der Waals surface area contributed by atoms with Crippen molar-refractivity contribution in [2.75, 3.05) is 20.8 Å². The molecule has 4 aromatic carbocycles. The van der Waals surface area contributed by atoms with Crippen molar-refractivity contribution in [2.45, 2.75) is 18.0 Å². The topological polar surface area (TPSA) is 111 Å². The van der Waals surface area contributed by atoms with Crippen molar-refractivity contribution in [1.82, 2.24) is 14.1 Å². The van der Waals surface area contributed by atoms with Crippen LogP contribution < -0.4 is 9.47 Å². The van der Waals surface area contributed by atoms with Crippen LogP contribution in [0.3, 0.4) is 0 Å². The SMILES string of the molecule is COc1ccccc1Cn1nc(-c2cc(S(=O)(=O)N(C)Cc3ccccc3)ccc2OCC(=O)O)cc1-c1cccc(Cl)c1. The molecule has 0 amide bonds. The Hall–Kier alpha value is -4.64. The second kappa shape index (κ2) is 13.3. The van der Waals surface area contributed by atoms with Gasteiger partial charge >= 0.3 is 5.97 Å². The smallest absolute Gasteiger partial charge is 0.341 e. The van der Waals surface area contributed by atoms with E-state index < -0.39 is 22.6 Å². The van der Waals surface area contributed by atoms with Crippen LogP contribution in [0.1, 0.15) is 11.1 Å². The van der Waals surface area contributed by atoms with Gasteiger partial charge in [0.2, 0.25) is 10.0 Å². The van der Waals surface area contributed by atoms with Crippen molar-refractivity contribution in [1.29, 1.82) is 0 Å². The highest BCUT2D eigenvalue weighted by Gasteiger charge is 2.25. The van der Waals surface area contributed by atoms with Crippen LogP contribution in [0.15, 0.2) is 108 Å². The summed E-state index contributed by atoms with van der Waals surface area (Å²) in [6, 6.07) is 30.3. The van der Waals surface area contributed by atoms with Gasteiger partial charge in [0.1, 0.15) is 11.5 Å². The number of aliphatic carboxylic acids is 1. The quantitative estimate of drug-likeness (QED) is 0.174. The van der Waals surface area contributed by atoms with Gasteiger partial charge in [-0.15, -0.1) is 0 Å². The minimum atomic E-state index is -3.94. The fraction of sp³-hybridized carbons (Fsp3) is 0.152. The lowest BCUT2D eigenvalue weighted by molar-refractivity contribution is -0.139. The van der Waals surface area contributed by atoms with Gasteiger partial charge in [0.05, 0.1) is 29.9 Å². The highest BCUT2D eigenvalue weighted by atomic mass is 35.5. The molecule has 5 aromatic rings. The molecular weight excluding hydrogens is 602 g/mol. The number of para-hydroxylation sites is 1. The number of carboxylic acids is 1. The molecule has 5 rings (SSSR count). The van der Waals surface area contributed by atoms with E-state index in [2.05, 4.69) is 0 Å². The first-order valence-corrected chi connectivity index (χ1v) is 15.4. The monoisotopic (exact) mass is 631 g/mol. The van der Waals surface area contributed by atoms with Crippen molar-refractivity contribution < 1.29 is 27.8 Å². The number of ether oxygens (including phenoxy) is 2. The van der Waals surface area contributed by atoms with Gasteiger partial charge in [-0.05, 0) is 48.0 Å². The zero-order valence-corrected chi connectivity index (χ0v) is 25.6. The summed E-state index contributed by atoms with van der Waals surface area (Å²) in [4.78, 5) is 11.4. The third-order valence-corrected chi connectivity index (χ3v) is 8.98. The lowest BCUT2D eigenvalue weighted by Gasteiger charge is -2.18. The first-order valence-electron chi connectivity index (χ1n) is 13.6. The van der Waals surface area contributed by atoms with E-state index in [1.165, 1.54) is 29.6 Å². The van der Waals surface area contributed by atoms with Gasteiger partial charge in [-0.3, -0.25) is 4.68 Å². The number of nitrogens with zero attached hydrogens (tertiary/aromatic N) is 3. The van der Waals surface area contributed by atoms with E-state index in [0.29, 0.717) is 34.3 Å². The van der Waals surface area contributed by atoms with Crippen molar-refractivity contribution >= 4 is 27.6 Å². The Morgan fingerprint density at radius 2 is 1.68 bits per heavy atom. The van der Waals surface area contributed by atoms with Crippen molar-refractivity contribution in [3.05, 3.63) is 119 Å². The summed E-state index contributed by atoms with van der Waals surface area (Å²) in [5.41, 5.74) is 3.90. The van der Waals surface area contributed by atoms with Crippen LogP contribution in [0.5, 0.6) is 11.5 Å². The van der Waals surface area contributed by atoms with E-state index >= 15 is 0 Å². The minimum absolute atomic E-state index is 0.0113. The molecule has 9 nitrogen and oxygen atoms in total. The Morgan fingerprint density at radius 3 is 2.41 bits per heavy atom. The van der Waals surface area contributed by atoms with E-state index in [9.17, 15) is 18.3 Å². The molecule has 0 aliphatic heterocycles. The lowest BCUT2D eigenvalue weighted by Crippen LogP contribution is -2.26. The van der Waals surface area contributed by atoms with E-state index in [0.717, 1.165) is 16.7 Å². The van der Waals surface area contributed by atoms with E-state index in [4.69, 9.17) is 26.2 Å². The Balaban J connectivity index is 1.62. The van der Waals surface area contributed by atoms with Gasteiger partial charge in [0, 0.05) is 35.3 Å². The molecule has 11 heteroatoms. The molecule has 1 aromatic heterocycles. The molecule has 0 aliphatic rings. The number of hydrogen-bond donors (Lipinski definition) is 1. The van der Waals surface area contributed by atoms with Gasteiger partial charge in [-0.1, -0.05) is 72.3 Å². The number of sulfonamides is 1. The van der Waals surface area contributed by atoms with Gasteiger partial charge < -0.3 is 14.6 Å². The molecule has 226 valence electrons. The van der Waals surface area contributed by atoms with Crippen LogP contribution in [-0.4, -0.2) is 54.3 Å². The van der Waals surface area contributed by atoms with Gasteiger partial charge in [-0.25, -0.2) is 13.2 Å². The van der Waals surface area contributed by atoms with Gasteiger partial charge in [-0.2, -0.15) is 9.40 Å². The number of benzene rings is 4. The normalized spacial score (nSPS) is 11.5. The molecule has 44 heavy (non-hydrogen) atoms. The maximum absolute atomic E-state index is 13.7. The molecule has 0 fully saturated rings. The summed E-state index contributed by atoms with van der Waals surface area (Å²) in [7, 11) is -0.836. The van der Waals surface area contributed by atoms with Crippen molar-refractivity contribution in [2.24, 2.45) is 0 Å². The molecule has 0 unspecified atom stereocenters. The number of rotatable bonds is 12. The van der Waals surface area contributed by atoms with E-state index in [1.54, 1.807) is 23.9 Å². The third kappa shape index (κ3) is 6.94. The second-order valence-electron chi connectivity index (χ2n) is 9.98. The average molecular weight is 632 g/mol. The second-order valence-corrected chi connectivity index (χ2v) is 12.5. The zero-order valence-electron chi connectivity index (χ0n) is 24.1. The molecular formula is C33H30ClN3O6S. The molecule has 0 saturated heterocycles. The molecule has 0 bridgehead atoms. The van der Waals surface area contributed by atoms with Crippen LogP contribution in [0.25, 0.3) is 22.5 Å². The number of carbonyl (C=O) groups is 1. The fourth-order valence-electron chi connectivity index (χ4n) is 4.78. The summed E-state index contributed by atoms with van der Waals surface area (Å²) >= 11 is 6.34. The van der Waals surface area contributed by atoms with Gasteiger partial charge in [0.25, 0.3) is 0 Å². The minimum Gasteiger partial charge on any atom is -0.496 e. The van der Waals surface area contributed by atoms with Crippen LogP contribution in [0.2, 0.25) is 5.02 Å². The predicted octanol–water partition coefficient (Wildman–Crippen LogP) is 6.21. The van der Waals surface area contributed by atoms with Crippen LogP contribution in [0, 0.1) is 0 Å². The summed E-state index contributed by atoms with van der Waals surface area (Å²) in [6.07, 6.45) is 0. The lowest BCUT2D eigenvalue weighted by atomic mass is 10.1. The third-order valence-electron chi connectivity index (χ3n) is 6.95. The number of halogens is 1. The highest BCUT2D eigenvalue weighted by Crippen LogP contribution is 2.36. The molecule has 0 aliphatic carbocycles. The average Bonchev–Trinajstić information content (AvgIpc) is 3.44. The Kier molecular flexibility index (Phi) is 9.34. The standard InChI is InChI=1S/C33H30ClN3O6S/c1-36(20-23-9-4-3-5-10-23)44(40,41)27-15-16-32(43-22-33(38)39)28(18-27)29-19-30(24-12-8-13-26(34)17-24)37(35-29)21-25-11-6-7-14-31(25)42-2/h3-19H,20-22H2,1-2H3,(H,38,39). The van der Waals surface area contributed by atoms with Crippen molar-refractivity contribution in [3.8, 4) is 34.0 Å². The molecule has 0 spiro atoms. The van der Waals surface area contributed by atoms with E-state index in [-0.39, 0.29) is 17.2 Å². The predicted molar refractivity (Wildman–Crippen MR) is 168 cm³/mol.